The third-order valence-corrected chi connectivity index (χ3v) is 5.25. The molecule has 2 aromatic heterocycles. The first-order valence-electron chi connectivity index (χ1n) is 10.0. The summed E-state index contributed by atoms with van der Waals surface area (Å²) in [4.78, 5) is 36.9. The molecule has 0 unspecified atom stereocenters. The number of hydrogen-bond acceptors (Lipinski definition) is 4. The number of aromatic amines is 3. The molecule has 3 N–H and O–H groups in total. The van der Waals surface area contributed by atoms with Crippen molar-refractivity contribution in [1.29, 1.82) is 0 Å². The maximum Gasteiger partial charge on any atom is 0.323 e. The Morgan fingerprint density at radius 3 is 2.35 bits per heavy atom. The Labute approximate surface area is 177 Å². The highest BCUT2D eigenvalue weighted by Gasteiger charge is 2.14. The number of aliphatic imine (C=N–C) groups is 1. The van der Waals surface area contributed by atoms with Crippen LogP contribution in [0.15, 0.2) is 51.0 Å². The van der Waals surface area contributed by atoms with Crippen molar-refractivity contribution in [3.05, 3.63) is 74.3 Å². The van der Waals surface area contributed by atoms with Gasteiger partial charge in [0, 0.05) is 25.0 Å². The molecule has 4 rings (SSSR count). The maximum absolute atomic E-state index is 13.2. The second-order valence-electron chi connectivity index (χ2n) is 7.16. The number of benzene rings is 2. The molecule has 9 heteroatoms. The molecule has 0 bridgehead atoms. The minimum absolute atomic E-state index is 0.284. The van der Waals surface area contributed by atoms with Gasteiger partial charge in [0.05, 0.1) is 33.7 Å². The molecule has 0 aliphatic heterocycles. The molecule has 0 saturated heterocycles. The van der Waals surface area contributed by atoms with Crippen molar-refractivity contribution < 1.29 is 4.39 Å². The molecule has 0 amide bonds. The van der Waals surface area contributed by atoms with Gasteiger partial charge < -0.3 is 14.9 Å². The molecular formula is C22H23FN6O2. The largest absolute Gasteiger partial charge is 0.370 e. The third kappa shape index (κ3) is 3.81. The first-order chi connectivity index (χ1) is 14.9. The number of aryl methyl sites for hydroxylation is 1. The first-order valence-corrected chi connectivity index (χ1v) is 10.0. The van der Waals surface area contributed by atoms with Crippen molar-refractivity contribution in [3.63, 3.8) is 0 Å². The summed E-state index contributed by atoms with van der Waals surface area (Å²) in [6.07, 6.45) is 1.52. The number of halogens is 1. The quantitative estimate of drug-likeness (QED) is 0.415. The van der Waals surface area contributed by atoms with Crippen LogP contribution in [0, 0.1) is 12.7 Å². The second kappa shape index (κ2) is 8.10. The summed E-state index contributed by atoms with van der Waals surface area (Å²) in [5.41, 5.74) is 3.83. The van der Waals surface area contributed by atoms with Gasteiger partial charge in [-0.2, -0.15) is 0 Å². The van der Waals surface area contributed by atoms with Crippen LogP contribution in [0.2, 0.25) is 0 Å². The van der Waals surface area contributed by atoms with Crippen molar-refractivity contribution in [2.45, 2.75) is 20.8 Å². The van der Waals surface area contributed by atoms with Gasteiger partial charge in [-0.05, 0) is 57.2 Å². The summed E-state index contributed by atoms with van der Waals surface area (Å²) in [6.45, 7) is 7.39. The number of nitrogens with zero attached hydrogens (tertiary/aromatic N) is 3. The number of nitrogens with one attached hydrogen (secondary N) is 3. The maximum atomic E-state index is 13.2. The average molecular weight is 422 g/mol. The SMILES string of the molecule is CCN(CC)c1cc2[nH]c(=O)[nH]c2cc1N=Cc1c(C)[nH]n(-c2ccc(F)cc2)c1=O. The fourth-order valence-corrected chi connectivity index (χ4v) is 3.60. The highest BCUT2D eigenvalue weighted by Crippen LogP contribution is 2.32. The van der Waals surface area contributed by atoms with Crippen LogP contribution in [-0.4, -0.2) is 39.1 Å². The highest BCUT2D eigenvalue weighted by atomic mass is 19.1. The standard InChI is InChI=1S/C22H23FN6O2/c1-4-28(5-2)20-11-18-17(25-22(31)26-18)10-19(20)24-12-16-13(3)27-29(21(16)30)15-8-6-14(23)7-9-15/h6-12,27H,4-5H2,1-3H3,(H2,25,26,31). The summed E-state index contributed by atoms with van der Waals surface area (Å²) in [5.74, 6) is -0.371. The van der Waals surface area contributed by atoms with Crippen molar-refractivity contribution in [2.24, 2.45) is 4.99 Å². The Hall–Kier alpha value is -3.88. The Morgan fingerprint density at radius 1 is 1.06 bits per heavy atom. The lowest BCUT2D eigenvalue weighted by Gasteiger charge is -2.22. The lowest BCUT2D eigenvalue weighted by Crippen LogP contribution is -2.22. The van der Waals surface area contributed by atoms with E-state index in [4.69, 9.17) is 0 Å². The number of fused-ring (bicyclic) bond motifs is 1. The number of imidazole rings is 1. The second-order valence-corrected chi connectivity index (χ2v) is 7.16. The zero-order chi connectivity index (χ0) is 22.1. The van der Waals surface area contributed by atoms with Crippen LogP contribution in [0.1, 0.15) is 25.1 Å². The van der Waals surface area contributed by atoms with Crippen LogP contribution in [0.3, 0.4) is 0 Å². The molecule has 0 aliphatic carbocycles. The fourth-order valence-electron chi connectivity index (χ4n) is 3.60. The molecule has 2 heterocycles. The predicted molar refractivity (Wildman–Crippen MR) is 121 cm³/mol. The molecule has 0 fully saturated rings. The Bertz CT molecular complexity index is 1370. The smallest absolute Gasteiger partial charge is 0.323 e. The van der Waals surface area contributed by atoms with E-state index >= 15 is 0 Å². The summed E-state index contributed by atoms with van der Waals surface area (Å²) in [5, 5.41) is 3.01. The van der Waals surface area contributed by atoms with Gasteiger partial charge >= 0.3 is 5.69 Å². The Kier molecular flexibility index (Phi) is 5.33. The third-order valence-electron chi connectivity index (χ3n) is 5.25. The molecule has 0 saturated carbocycles. The Morgan fingerprint density at radius 2 is 1.71 bits per heavy atom. The highest BCUT2D eigenvalue weighted by molar-refractivity contribution is 5.90. The number of aromatic nitrogens is 4. The lowest BCUT2D eigenvalue weighted by atomic mass is 10.2. The van der Waals surface area contributed by atoms with Crippen molar-refractivity contribution >= 4 is 28.6 Å². The van der Waals surface area contributed by atoms with Crippen molar-refractivity contribution in [3.8, 4) is 5.69 Å². The molecule has 0 aliphatic rings. The van der Waals surface area contributed by atoms with E-state index in [0.29, 0.717) is 33.7 Å². The normalized spacial score (nSPS) is 11.6. The number of anilines is 1. The van der Waals surface area contributed by atoms with Crippen LogP contribution in [-0.2, 0) is 0 Å². The van der Waals surface area contributed by atoms with Gasteiger partial charge in [-0.1, -0.05) is 0 Å². The summed E-state index contributed by atoms with van der Waals surface area (Å²) in [7, 11) is 0. The van der Waals surface area contributed by atoms with E-state index in [1.807, 2.05) is 19.9 Å². The number of rotatable bonds is 6. The predicted octanol–water partition coefficient (Wildman–Crippen LogP) is 3.38. The van der Waals surface area contributed by atoms with E-state index in [2.05, 4.69) is 25.0 Å². The zero-order valence-electron chi connectivity index (χ0n) is 17.5. The molecule has 0 spiro atoms. The van der Waals surface area contributed by atoms with Gasteiger partial charge in [0.2, 0.25) is 0 Å². The average Bonchev–Trinajstić information content (AvgIpc) is 3.25. The lowest BCUT2D eigenvalue weighted by molar-refractivity contribution is 0.627. The molecule has 2 aromatic carbocycles. The minimum atomic E-state index is -0.371. The number of H-pyrrole nitrogens is 3. The van der Waals surface area contributed by atoms with E-state index < -0.39 is 0 Å². The molecule has 8 nitrogen and oxygen atoms in total. The van der Waals surface area contributed by atoms with E-state index in [1.54, 1.807) is 13.0 Å². The van der Waals surface area contributed by atoms with Crippen LogP contribution in [0.4, 0.5) is 15.8 Å². The molecule has 31 heavy (non-hydrogen) atoms. The van der Waals surface area contributed by atoms with Crippen molar-refractivity contribution in [2.75, 3.05) is 18.0 Å². The van der Waals surface area contributed by atoms with Gasteiger partial charge in [-0.3, -0.25) is 14.9 Å². The first kappa shape index (κ1) is 20.4. The van der Waals surface area contributed by atoms with Crippen LogP contribution in [0.5, 0.6) is 0 Å². The molecular weight excluding hydrogens is 399 g/mol. The molecule has 4 aromatic rings. The summed E-state index contributed by atoms with van der Waals surface area (Å²) < 4.78 is 14.6. The van der Waals surface area contributed by atoms with Crippen LogP contribution in [0.25, 0.3) is 16.7 Å². The minimum Gasteiger partial charge on any atom is -0.370 e. The van der Waals surface area contributed by atoms with Gasteiger partial charge in [0.1, 0.15) is 5.82 Å². The van der Waals surface area contributed by atoms with Crippen LogP contribution < -0.4 is 16.1 Å². The van der Waals surface area contributed by atoms with E-state index in [0.717, 1.165) is 18.8 Å². The topological polar surface area (TPSA) is 102 Å². The molecule has 0 atom stereocenters. The van der Waals surface area contributed by atoms with Gasteiger partial charge in [-0.15, -0.1) is 0 Å². The fraction of sp³-hybridized carbons (Fsp3) is 0.227. The van der Waals surface area contributed by atoms with E-state index in [1.165, 1.54) is 35.2 Å². The van der Waals surface area contributed by atoms with E-state index in [-0.39, 0.29) is 17.1 Å². The summed E-state index contributed by atoms with van der Waals surface area (Å²) in [6, 6.07) is 9.33. The summed E-state index contributed by atoms with van der Waals surface area (Å²) >= 11 is 0. The molecule has 0 radical (unpaired) electrons. The van der Waals surface area contributed by atoms with E-state index in [9.17, 15) is 14.0 Å². The van der Waals surface area contributed by atoms with Gasteiger partial charge in [0.15, 0.2) is 0 Å². The van der Waals surface area contributed by atoms with Crippen molar-refractivity contribution in [1.82, 2.24) is 19.7 Å². The van der Waals surface area contributed by atoms with Gasteiger partial charge in [0.25, 0.3) is 5.56 Å². The number of hydrogen-bond donors (Lipinski definition) is 3. The zero-order valence-corrected chi connectivity index (χ0v) is 17.5. The van der Waals surface area contributed by atoms with Crippen LogP contribution >= 0.6 is 0 Å². The Balaban J connectivity index is 1.79. The molecule has 160 valence electrons. The monoisotopic (exact) mass is 422 g/mol. The van der Waals surface area contributed by atoms with Gasteiger partial charge in [-0.25, -0.2) is 13.9 Å².